The van der Waals surface area contributed by atoms with Crippen molar-refractivity contribution in [1.29, 1.82) is 0 Å². The summed E-state index contributed by atoms with van der Waals surface area (Å²) in [5, 5.41) is 21.0. The van der Waals surface area contributed by atoms with E-state index in [0.29, 0.717) is 5.16 Å². The lowest BCUT2D eigenvalue weighted by molar-refractivity contribution is -0.0479. The van der Waals surface area contributed by atoms with E-state index in [1.807, 2.05) is 0 Å². The average Bonchev–Trinajstić information content (AvgIpc) is 3.19. The van der Waals surface area contributed by atoms with Gasteiger partial charge in [0.05, 0.1) is 20.4 Å². The van der Waals surface area contributed by atoms with Gasteiger partial charge in [-0.25, -0.2) is 28.4 Å². The number of nitrogen functional groups attached to an aromatic ring is 1. The van der Waals surface area contributed by atoms with Crippen LogP contribution in [0.25, 0.3) is 11.2 Å². The number of hydrogen-bond acceptors (Lipinski definition) is 14. The molecule has 0 spiro atoms. The Morgan fingerprint density at radius 1 is 1.21 bits per heavy atom. The van der Waals surface area contributed by atoms with Crippen LogP contribution in [0.2, 0.25) is 0 Å². The molecule has 3 rings (SSSR count). The minimum Gasteiger partial charge on any atom is -0.443 e. The van der Waals surface area contributed by atoms with Gasteiger partial charge >= 0.3 is 15.6 Å². The van der Waals surface area contributed by atoms with E-state index < -0.39 is 54.3 Å². The molecule has 0 aliphatic carbocycles. The molecule has 6 atom stereocenters. The number of hydrogen-bond donors (Lipinski definition) is 6. The highest BCUT2D eigenvalue weighted by Crippen LogP contribution is 2.66. The largest absolute Gasteiger partial charge is 0.485 e. The molecule has 3 radical (unpaired) electrons. The summed E-state index contributed by atoms with van der Waals surface area (Å²) in [4.78, 5) is 38.7. The number of fused-ring (bicyclic) bond motifs is 1. The first kappa shape index (κ1) is 26.7. The molecule has 7 N–H and O–H groups in total. The summed E-state index contributed by atoms with van der Waals surface area (Å²) in [6.45, 7) is -0.835. The predicted molar refractivity (Wildman–Crippen MR) is 111 cm³/mol. The predicted octanol–water partition coefficient (Wildman–Crippen LogP) is -0.731. The average molecular weight is 547 g/mol. The van der Waals surface area contributed by atoms with Gasteiger partial charge in [-0.1, -0.05) is 11.8 Å². The molecule has 17 nitrogen and oxygen atoms in total. The summed E-state index contributed by atoms with van der Waals surface area (Å²) in [5.74, 6) is 0.0724. The van der Waals surface area contributed by atoms with Crippen molar-refractivity contribution in [3.05, 3.63) is 6.33 Å². The first-order chi connectivity index (χ1) is 15.1. The molecular weight excluding hydrogens is 530 g/mol. The molecular formula is C11H17BN5O12P3S-. The molecule has 1 fully saturated rings. The number of thioether (sulfide) groups is 1. The lowest BCUT2D eigenvalue weighted by Crippen LogP contribution is -2.33. The summed E-state index contributed by atoms with van der Waals surface area (Å²) in [6, 6.07) is 0. The Morgan fingerprint density at radius 3 is 2.48 bits per heavy atom. The minimum atomic E-state index is -5.59. The van der Waals surface area contributed by atoms with Crippen LogP contribution in [0.3, 0.4) is 0 Å². The maximum Gasteiger partial charge on any atom is 0.485 e. The molecule has 1 saturated heterocycles. The zero-order chi connectivity index (χ0) is 24.8. The van der Waals surface area contributed by atoms with E-state index in [4.69, 9.17) is 27.8 Å². The Morgan fingerprint density at radius 2 is 1.88 bits per heavy atom. The fourth-order valence-electron chi connectivity index (χ4n) is 2.79. The second-order valence-electron chi connectivity index (χ2n) is 6.42. The molecule has 2 aromatic heterocycles. The number of phosphoric acid groups is 2. The van der Waals surface area contributed by atoms with Gasteiger partial charge in [0.1, 0.15) is 23.8 Å². The number of anilines is 1. The summed E-state index contributed by atoms with van der Waals surface area (Å²) in [6.07, 6.45) is -2.89. The van der Waals surface area contributed by atoms with Crippen LogP contribution in [0.4, 0.5) is 5.82 Å². The van der Waals surface area contributed by atoms with E-state index >= 15 is 0 Å². The second-order valence-corrected chi connectivity index (χ2v) is 11.8. The number of ether oxygens (including phenoxy) is 1. The van der Waals surface area contributed by atoms with E-state index in [-0.39, 0.29) is 17.0 Å². The highest BCUT2D eigenvalue weighted by atomic mass is 32.2. The number of aliphatic hydroxyl groups is 2. The fourth-order valence-corrected chi connectivity index (χ4v) is 6.31. The maximum atomic E-state index is 12.1. The van der Waals surface area contributed by atoms with Crippen LogP contribution in [0.15, 0.2) is 11.5 Å². The van der Waals surface area contributed by atoms with Gasteiger partial charge in [-0.05, 0) is 6.26 Å². The van der Waals surface area contributed by atoms with Gasteiger partial charge < -0.3 is 52.0 Å². The number of imidazole rings is 1. The molecule has 1 aliphatic heterocycles. The molecule has 0 bridgehead atoms. The van der Waals surface area contributed by atoms with Crippen molar-refractivity contribution < 1.29 is 56.5 Å². The first-order valence-electron chi connectivity index (χ1n) is 8.52. The van der Waals surface area contributed by atoms with Crippen LogP contribution in [0.1, 0.15) is 6.23 Å². The molecule has 183 valence electrons. The first-order valence-corrected chi connectivity index (χ1v) is 14.4. The highest BCUT2D eigenvalue weighted by molar-refractivity contribution is 7.98. The van der Waals surface area contributed by atoms with Crippen LogP contribution in [-0.2, 0) is 31.6 Å². The third-order valence-corrected chi connectivity index (χ3v) is 8.54. The normalized spacial score (nSPS) is 27.5. The van der Waals surface area contributed by atoms with Gasteiger partial charge in [0, 0.05) is 0 Å². The van der Waals surface area contributed by atoms with Crippen LogP contribution >= 0.6 is 34.9 Å². The van der Waals surface area contributed by atoms with E-state index in [9.17, 15) is 28.8 Å². The molecule has 2 aromatic rings. The SMILES string of the molecule is [B-]P(=O)(OC[C@H]1O[C@@H](n2cnc3c(N)nc(SC)nc32)[C@H](O)[C@H]1O)OP(=O)(O)OP(=O)(O)O. The highest BCUT2D eigenvalue weighted by Gasteiger charge is 2.45. The van der Waals surface area contributed by atoms with Gasteiger partial charge in [0.25, 0.3) is 0 Å². The maximum absolute atomic E-state index is 12.1. The minimum absolute atomic E-state index is 0.0724. The number of nitrogens with zero attached hydrogens (tertiary/aromatic N) is 4. The lowest BCUT2D eigenvalue weighted by Gasteiger charge is -2.29. The summed E-state index contributed by atoms with van der Waals surface area (Å²) < 4.78 is 53.2. The van der Waals surface area contributed by atoms with Crippen molar-refractivity contribution >= 4 is 59.4 Å². The molecule has 1 aliphatic rings. The van der Waals surface area contributed by atoms with E-state index in [0.717, 1.165) is 0 Å². The van der Waals surface area contributed by atoms with Crippen molar-refractivity contribution in [2.24, 2.45) is 0 Å². The Bertz CT molecular complexity index is 1180. The zero-order valence-electron chi connectivity index (χ0n) is 16.4. The number of nitrogens with two attached hydrogens (primary N) is 1. The number of aliphatic hydroxyl groups excluding tert-OH is 2. The van der Waals surface area contributed by atoms with Gasteiger partial charge in [0.2, 0.25) is 0 Å². The Hall–Kier alpha value is -0.905. The van der Waals surface area contributed by atoms with Crippen LogP contribution < -0.4 is 5.73 Å². The van der Waals surface area contributed by atoms with Crippen molar-refractivity contribution in [2.45, 2.75) is 29.7 Å². The Kier molecular flexibility index (Phi) is 7.79. The van der Waals surface area contributed by atoms with Crippen LogP contribution in [0.5, 0.6) is 0 Å². The number of aromatic nitrogens is 4. The van der Waals surface area contributed by atoms with Gasteiger partial charge in [-0.3, -0.25) is 4.57 Å². The quantitative estimate of drug-likeness (QED) is 0.0978. The monoisotopic (exact) mass is 547 g/mol. The number of rotatable bonds is 9. The van der Waals surface area contributed by atoms with Gasteiger partial charge in [0.15, 0.2) is 22.8 Å². The molecule has 0 amide bonds. The standard InChI is InChI=1S/C11H17BN5O12P3S/c1-33-11-15-8(13)5-9(16-11)17(3-14-5)10-7(19)6(18)4(27-10)2-26-30(12,20)28-32(24,25)29-31(21,22)23/h3-4,6-7,10,18-19H,2H2,1H3,(H,24,25)(H2,13,15,16)(H2,21,22,23)/q-1/t4-,6+,7-,10-,30?/m1/s1. The van der Waals surface area contributed by atoms with Crippen LogP contribution in [-0.4, -0.2) is 83.2 Å². The van der Waals surface area contributed by atoms with E-state index in [1.165, 1.54) is 22.7 Å². The molecule has 0 saturated carbocycles. The van der Waals surface area contributed by atoms with Gasteiger partial charge in [-0.15, -0.1) is 0 Å². The molecule has 33 heavy (non-hydrogen) atoms. The van der Waals surface area contributed by atoms with Gasteiger partial charge in [-0.2, -0.15) is 4.31 Å². The van der Waals surface area contributed by atoms with Crippen molar-refractivity contribution in [3.63, 3.8) is 0 Å². The summed E-state index contributed by atoms with van der Waals surface area (Å²) in [7, 11) is -10.9. The lowest BCUT2D eigenvalue weighted by atomic mass is 10.1. The van der Waals surface area contributed by atoms with Crippen molar-refractivity contribution in [2.75, 3.05) is 18.6 Å². The third kappa shape index (κ3) is 6.41. The topological polar surface area (TPSA) is 259 Å². The fraction of sp³-hybridized carbons (Fsp3) is 0.545. The van der Waals surface area contributed by atoms with Crippen molar-refractivity contribution in [1.82, 2.24) is 19.5 Å². The summed E-state index contributed by atoms with van der Waals surface area (Å²) >= 11 is 1.20. The molecule has 22 heteroatoms. The van der Waals surface area contributed by atoms with E-state index in [2.05, 4.69) is 28.1 Å². The second kappa shape index (κ2) is 9.62. The smallest absolute Gasteiger partial charge is 0.443 e. The summed E-state index contributed by atoms with van der Waals surface area (Å²) in [5.41, 5.74) is 6.24. The third-order valence-electron chi connectivity index (χ3n) is 4.07. The molecule has 3 heterocycles. The van der Waals surface area contributed by atoms with Crippen molar-refractivity contribution in [3.8, 4) is 0 Å². The Balaban J connectivity index is 1.73. The molecule has 2 unspecified atom stereocenters. The Labute approximate surface area is 190 Å². The van der Waals surface area contributed by atoms with E-state index in [1.54, 1.807) is 6.26 Å². The van der Waals surface area contributed by atoms with Crippen LogP contribution in [0, 0.1) is 0 Å². The molecule has 0 aromatic carbocycles. The zero-order valence-corrected chi connectivity index (χ0v) is 19.9.